The van der Waals surface area contributed by atoms with E-state index in [9.17, 15) is 0 Å². The van der Waals surface area contributed by atoms with Gasteiger partial charge in [0.05, 0.1) is 18.8 Å². The van der Waals surface area contributed by atoms with Crippen molar-refractivity contribution in [3.05, 3.63) is 0 Å². The van der Waals surface area contributed by atoms with Crippen molar-refractivity contribution in [1.29, 1.82) is 0 Å². The number of nitrogens with zero attached hydrogens (tertiary/aromatic N) is 1. The minimum Gasteiger partial charge on any atom is -0.377 e. The Morgan fingerprint density at radius 2 is 2.27 bits per heavy atom. The summed E-state index contributed by atoms with van der Waals surface area (Å²) in [5.74, 6) is 0. The highest BCUT2D eigenvalue weighted by atomic mass is 16.5. The molecule has 15 heavy (non-hydrogen) atoms. The number of morpholine rings is 1. The molecular formula is C11H22N2O2. The van der Waals surface area contributed by atoms with Crippen LogP contribution in [0.3, 0.4) is 0 Å². The quantitative estimate of drug-likeness (QED) is 0.706. The van der Waals surface area contributed by atoms with E-state index in [-0.39, 0.29) is 0 Å². The highest BCUT2D eigenvalue weighted by molar-refractivity contribution is 4.74. The molecule has 4 nitrogen and oxygen atoms in total. The first-order chi connectivity index (χ1) is 7.34. The summed E-state index contributed by atoms with van der Waals surface area (Å²) in [4.78, 5) is 2.47. The Balaban J connectivity index is 1.76. The van der Waals surface area contributed by atoms with Crippen molar-refractivity contribution < 1.29 is 9.47 Å². The number of nitrogens with one attached hydrogen (secondary N) is 1. The first-order valence-electron chi connectivity index (χ1n) is 6.01. The molecule has 0 aromatic carbocycles. The molecule has 4 heteroatoms. The molecule has 2 heterocycles. The van der Waals surface area contributed by atoms with Crippen molar-refractivity contribution in [2.75, 3.05) is 45.9 Å². The van der Waals surface area contributed by atoms with Crippen LogP contribution in [0.2, 0.25) is 0 Å². The van der Waals surface area contributed by atoms with Crippen molar-refractivity contribution in [2.24, 2.45) is 0 Å². The zero-order chi connectivity index (χ0) is 10.5. The van der Waals surface area contributed by atoms with E-state index in [4.69, 9.17) is 9.47 Å². The maximum atomic E-state index is 5.71. The normalized spacial score (nSPS) is 35.0. The maximum Gasteiger partial charge on any atom is 0.0826 e. The van der Waals surface area contributed by atoms with Gasteiger partial charge in [0.2, 0.25) is 0 Å². The second kappa shape index (κ2) is 5.80. The standard InChI is InChI=1S/C11H22N2O2/c1-10-8-13(4-2-5-14-10)9-11-7-12-3-6-15-11/h10-12H,2-9H2,1H3. The minimum absolute atomic E-state index is 0.365. The van der Waals surface area contributed by atoms with Gasteiger partial charge in [-0.3, -0.25) is 4.90 Å². The Hall–Kier alpha value is -0.160. The fraction of sp³-hybridized carbons (Fsp3) is 1.00. The summed E-state index contributed by atoms with van der Waals surface area (Å²) in [7, 11) is 0. The van der Waals surface area contributed by atoms with Gasteiger partial charge in [0.25, 0.3) is 0 Å². The molecule has 0 bridgehead atoms. The molecule has 2 rings (SSSR count). The fourth-order valence-corrected chi connectivity index (χ4v) is 2.27. The van der Waals surface area contributed by atoms with E-state index < -0.39 is 0 Å². The van der Waals surface area contributed by atoms with Gasteiger partial charge in [0.15, 0.2) is 0 Å². The van der Waals surface area contributed by atoms with Crippen molar-refractivity contribution in [2.45, 2.75) is 25.6 Å². The third-order valence-electron chi connectivity index (χ3n) is 3.00. The Kier molecular flexibility index (Phi) is 4.38. The monoisotopic (exact) mass is 214 g/mol. The van der Waals surface area contributed by atoms with Gasteiger partial charge in [-0.2, -0.15) is 0 Å². The number of hydrogen-bond acceptors (Lipinski definition) is 4. The molecule has 2 fully saturated rings. The molecule has 0 radical (unpaired) electrons. The van der Waals surface area contributed by atoms with Gasteiger partial charge in [-0.25, -0.2) is 0 Å². The largest absolute Gasteiger partial charge is 0.377 e. The summed E-state index contributed by atoms with van der Waals surface area (Å²) in [6, 6.07) is 0. The zero-order valence-corrected chi connectivity index (χ0v) is 9.58. The minimum atomic E-state index is 0.365. The molecule has 88 valence electrons. The van der Waals surface area contributed by atoms with Crippen LogP contribution in [0.4, 0.5) is 0 Å². The molecule has 0 aromatic heterocycles. The van der Waals surface area contributed by atoms with Crippen LogP contribution in [0.15, 0.2) is 0 Å². The second-order valence-electron chi connectivity index (χ2n) is 4.49. The van der Waals surface area contributed by atoms with Crippen LogP contribution in [0.25, 0.3) is 0 Å². The predicted octanol–water partition coefficient (Wildman–Crippen LogP) is 0.0856. The Morgan fingerprint density at radius 1 is 1.33 bits per heavy atom. The fourth-order valence-electron chi connectivity index (χ4n) is 2.27. The summed E-state index contributed by atoms with van der Waals surface area (Å²) in [5.41, 5.74) is 0. The van der Waals surface area contributed by atoms with Crippen molar-refractivity contribution in [1.82, 2.24) is 10.2 Å². The van der Waals surface area contributed by atoms with Gasteiger partial charge in [-0.1, -0.05) is 0 Å². The van der Waals surface area contributed by atoms with Gasteiger partial charge in [0, 0.05) is 39.3 Å². The van der Waals surface area contributed by atoms with Gasteiger partial charge in [-0.05, 0) is 13.3 Å². The molecule has 2 saturated heterocycles. The van der Waals surface area contributed by atoms with Crippen LogP contribution < -0.4 is 5.32 Å². The van der Waals surface area contributed by atoms with Crippen LogP contribution in [0.1, 0.15) is 13.3 Å². The molecular weight excluding hydrogens is 192 g/mol. The van der Waals surface area contributed by atoms with E-state index in [1.807, 2.05) is 0 Å². The molecule has 2 unspecified atom stereocenters. The topological polar surface area (TPSA) is 33.7 Å². The van der Waals surface area contributed by atoms with Crippen molar-refractivity contribution in [3.63, 3.8) is 0 Å². The van der Waals surface area contributed by atoms with E-state index in [2.05, 4.69) is 17.1 Å². The van der Waals surface area contributed by atoms with E-state index in [0.29, 0.717) is 12.2 Å². The Morgan fingerprint density at radius 3 is 3.07 bits per heavy atom. The van der Waals surface area contributed by atoms with E-state index >= 15 is 0 Å². The molecule has 2 aliphatic heterocycles. The summed E-state index contributed by atoms with van der Waals surface area (Å²) in [6.07, 6.45) is 1.87. The van der Waals surface area contributed by atoms with Crippen LogP contribution in [0, 0.1) is 0 Å². The molecule has 0 saturated carbocycles. The third-order valence-corrected chi connectivity index (χ3v) is 3.00. The van der Waals surface area contributed by atoms with Gasteiger partial charge in [-0.15, -0.1) is 0 Å². The average molecular weight is 214 g/mol. The van der Waals surface area contributed by atoms with Crippen molar-refractivity contribution in [3.8, 4) is 0 Å². The smallest absolute Gasteiger partial charge is 0.0826 e. The van der Waals surface area contributed by atoms with Gasteiger partial charge >= 0.3 is 0 Å². The highest BCUT2D eigenvalue weighted by Gasteiger charge is 2.20. The molecule has 0 aromatic rings. The highest BCUT2D eigenvalue weighted by Crippen LogP contribution is 2.07. The lowest BCUT2D eigenvalue weighted by molar-refractivity contribution is 0.00000886. The molecule has 1 N–H and O–H groups in total. The number of rotatable bonds is 2. The molecule has 0 spiro atoms. The molecule has 0 amide bonds. The van der Waals surface area contributed by atoms with Crippen LogP contribution in [-0.4, -0.2) is 63.0 Å². The molecule has 0 aliphatic carbocycles. The van der Waals surface area contributed by atoms with E-state index in [1.165, 1.54) is 0 Å². The van der Waals surface area contributed by atoms with Gasteiger partial charge < -0.3 is 14.8 Å². The summed E-state index contributed by atoms with van der Waals surface area (Å²) in [5, 5.41) is 3.37. The van der Waals surface area contributed by atoms with Crippen LogP contribution in [0.5, 0.6) is 0 Å². The third kappa shape index (κ3) is 3.72. The summed E-state index contributed by atoms with van der Waals surface area (Å²) in [6.45, 7) is 9.12. The second-order valence-corrected chi connectivity index (χ2v) is 4.49. The van der Waals surface area contributed by atoms with Gasteiger partial charge in [0.1, 0.15) is 0 Å². The van der Waals surface area contributed by atoms with Crippen LogP contribution in [-0.2, 0) is 9.47 Å². The lowest BCUT2D eigenvalue weighted by atomic mass is 10.2. The van der Waals surface area contributed by atoms with E-state index in [0.717, 1.165) is 52.4 Å². The Bertz CT molecular complexity index is 183. The van der Waals surface area contributed by atoms with E-state index in [1.54, 1.807) is 0 Å². The first-order valence-corrected chi connectivity index (χ1v) is 6.01. The lowest BCUT2D eigenvalue weighted by Crippen LogP contribution is -2.46. The van der Waals surface area contributed by atoms with Crippen LogP contribution >= 0.6 is 0 Å². The summed E-state index contributed by atoms with van der Waals surface area (Å²) < 4.78 is 11.3. The Labute approximate surface area is 91.9 Å². The zero-order valence-electron chi connectivity index (χ0n) is 9.58. The predicted molar refractivity (Wildman–Crippen MR) is 59.1 cm³/mol. The molecule has 2 atom stereocenters. The number of hydrogen-bond donors (Lipinski definition) is 1. The first kappa shape index (κ1) is 11.3. The molecule has 2 aliphatic rings. The average Bonchev–Trinajstić information content (AvgIpc) is 2.44. The lowest BCUT2D eigenvalue weighted by Gasteiger charge is -2.30. The SMILES string of the molecule is CC1CN(CC2CNCCO2)CCCO1. The number of ether oxygens (including phenoxy) is 2. The maximum absolute atomic E-state index is 5.71. The van der Waals surface area contributed by atoms with Crippen molar-refractivity contribution >= 4 is 0 Å². The summed E-state index contributed by atoms with van der Waals surface area (Å²) >= 11 is 0.